The second kappa shape index (κ2) is 7.71. The first-order valence-electron chi connectivity index (χ1n) is 9.46. The van der Waals surface area contributed by atoms with Crippen LogP contribution >= 0.6 is 7.60 Å². The van der Waals surface area contributed by atoms with Gasteiger partial charge in [-0.1, -0.05) is 6.07 Å². The van der Waals surface area contributed by atoms with E-state index in [4.69, 9.17) is 14.8 Å². The average molecular weight is 380 g/mol. The van der Waals surface area contributed by atoms with Crippen LogP contribution in [-0.2, 0) is 20.2 Å². The van der Waals surface area contributed by atoms with Crippen molar-refractivity contribution in [1.82, 2.24) is 4.90 Å². The molecular formula is C19H29N2O4P. The van der Waals surface area contributed by atoms with Gasteiger partial charge in [-0.15, -0.1) is 0 Å². The Bertz CT molecular complexity index is 718. The van der Waals surface area contributed by atoms with E-state index in [0.29, 0.717) is 36.9 Å². The summed E-state index contributed by atoms with van der Waals surface area (Å²) in [5.74, 6) is 0.363. The molecule has 0 saturated heterocycles. The fourth-order valence-electron chi connectivity index (χ4n) is 4.30. The van der Waals surface area contributed by atoms with E-state index in [1.165, 1.54) is 5.56 Å². The third-order valence-electron chi connectivity index (χ3n) is 5.54. The van der Waals surface area contributed by atoms with Crippen molar-refractivity contribution >= 4 is 19.2 Å². The molecule has 1 amide bonds. The number of hydrogen-bond donors (Lipinski definition) is 1. The molecule has 6 nitrogen and oxygen atoms in total. The van der Waals surface area contributed by atoms with Gasteiger partial charge in [0.15, 0.2) is 0 Å². The van der Waals surface area contributed by atoms with E-state index >= 15 is 0 Å². The molecule has 1 aromatic rings. The van der Waals surface area contributed by atoms with Gasteiger partial charge in [0.2, 0.25) is 0 Å². The molecule has 26 heavy (non-hydrogen) atoms. The lowest BCUT2D eigenvalue weighted by Crippen LogP contribution is -2.21. The predicted molar refractivity (Wildman–Crippen MR) is 103 cm³/mol. The molecule has 0 bridgehead atoms. The summed E-state index contributed by atoms with van der Waals surface area (Å²) >= 11 is 0. The normalized spacial score (nSPS) is 23.3. The quantitative estimate of drug-likeness (QED) is 0.592. The monoisotopic (exact) mass is 380 g/mol. The lowest BCUT2D eigenvalue weighted by Gasteiger charge is -2.33. The summed E-state index contributed by atoms with van der Waals surface area (Å²) in [7, 11) is -1.23. The Hall–Kier alpha value is -1.36. The van der Waals surface area contributed by atoms with Crippen LogP contribution in [0.1, 0.15) is 66.9 Å². The molecule has 0 spiro atoms. The standard InChI is InChI=1S/C19H29N2O4P/c1-4-24-26(23,25-5-2)14-8-6-13(7-9-14)15-10-11-17(20)18-16(15)12-21(3)19(18)22/h10-11,13-14H,4-9,12,20H2,1-3H3. The van der Waals surface area contributed by atoms with Gasteiger partial charge in [-0.2, -0.15) is 0 Å². The van der Waals surface area contributed by atoms with E-state index < -0.39 is 7.60 Å². The maximum Gasteiger partial charge on any atom is 0.333 e. The fraction of sp³-hybridized carbons (Fsp3) is 0.632. The summed E-state index contributed by atoms with van der Waals surface area (Å²) in [4.78, 5) is 14.1. The molecule has 1 fully saturated rings. The van der Waals surface area contributed by atoms with Gasteiger partial charge in [-0.3, -0.25) is 9.36 Å². The Labute approximate surface area is 155 Å². The first kappa shape index (κ1) is 19.4. The summed E-state index contributed by atoms with van der Waals surface area (Å²) in [6, 6.07) is 3.92. The van der Waals surface area contributed by atoms with E-state index in [1.807, 2.05) is 27.0 Å². The molecule has 2 N–H and O–H groups in total. The lowest BCUT2D eigenvalue weighted by atomic mass is 9.81. The highest BCUT2D eigenvalue weighted by Crippen LogP contribution is 2.58. The third-order valence-corrected chi connectivity index (χ3v) is 8.19. The van der Waals surface area contributed by atoms with Gasteiger partial charge in [0.1, 0.15) is 0 Å². The van der Waals surface area contributed by atoms with Crippen molar-refractivity contribution in [1.29, 1.82) is 0 Å². The molecule has 2 aliphatic rings. The smallest absolute Gasteiger partial charge is 0.333 e. The molecule has 1 aromatic carbocycles. The second-order valence-electron chi connectivity index (χ2n) is 7.14. The summed E-state index contributed by atoms with van der Waals surface area (Å²) in [6.45, 7) is 5.12. The van der Waals surface area contributed by atoms with Crippen LogP contribution in [0.5, 0.6) is 0 Å². The number of rotatable bonds is 6. The number of carbonyl (C=O) groups is 1. The largest absolute Gasteiger partial charge is 0.398 e. The van der Waals surface area contributed by atoms with Gasteiger partial charge >= 0.3 is 7.60 Å². The number of nitrogen functional groups attached to an aromatic ring is 1. The Morgan fingerprint density at radius 1 is 1.15 bits per heavy atom. The van der Waals surface area contributed by atoms with Crippen LogP contribution in [-0.4, -0.2) is 36.7 Å². The highest BCUT2D eigenvalue weighted by molar-refractivity contribution is 7.54. The number of hydrogen-bond acceptors (Lipinski definition) is 5. The molecule has 3 rings (SSSR count). The Morgan fingerprint density at radius 3 is 2.35 bits per heavy atom. The van der Waals surface area contributed by atoms with Crippen LogP contribution < -0.4 is 5.73 Å². The molecule has 144 valence electrons. The van der Waals surface area contributed by atoms with Crippen LogP contribution in [0.25, 0.3) is 0 Å². The van der Waals surface area contributed by atoms with Gasteiger partial charge in [0.05, 0.1) is 24.4 Å². The molecule has 1 aliphatic heterocycles. The number of benzene rings is 1. The third kappa shape index (κ3) is 3.42. The van der Waals surface area contributed by atoms with E-state index in [0.717, 1.165) is 31.2 Å². The van der Waals surface area contributed by atoms with E-state index in [1.54, 1.807) is 4.90 Å². The van der Waals surface area contributed by atoms with Gasteiger partial charge in [-0.05, 0) is 62.6 Å². The van der Waals surface area contributed by atoms with Crippen LogP contribution in [0.15, 0.2) is 12.1 Å². The van der Waals surface area contributed by atoms with Crippen molar-refractivity contribution in [2.24, 2.45) is 0 Å². The first-order chi connectivity index (χ1) is 12.4. The molecule has 1 heterocycles. The van der Waals surface area contributed by atoms with Gasteiger partial charge in [-0.25, -0.2) is 0 Å². The number of nitrogens with two attached hydrogens (primary N) is 1. The molecule has 0 radical (unpaired) electrons. The Morgan fingerprint density at radius 2 is 1.77 bits per heavy atom. The topological polar surface area (TPSA) is 81.9 Å². The minimum Gasteiger partial charge on any atom is -0.398 e. The average Bonchev–Trinajstić information content (AvgIpc) is 2.92. The van der Waals surface area contributed by atoms with E-state index in [-0.39, 0.29) is 11.6 Å². The zero-order valence-electron chi connectivity index (χ0n) is 15.9. The first-order valence-corrected chi connectivity index (χ1v) is 11.1. The van der Waals surface area contributed by atoms with Crippen LogP contribution in [0, 0.1) is 0 Å². The van der Waals surface area contributed by atoms with E-state index in [9.17, 15) is 9.36 Å². The maximum absolute atomic E-state index is 13.0. The number of anilines is 1. The van der Waals surface area contributed by atoms with Crippen molar-refractivity contribution in [2.75, 3.05) is 26.0 Å². The van der Waals surface area contributed by atoms with Gasteiger partial charge in [0.25, 0.3) is 5.91 Å². The molecule has 1 saturated carbocycles. The Balaban J connectivity index is 1.78. The SMILES string of the molecule is CCOP(=O)(OCC)C1CCC(c2ccc(N)c3c2CN(C)C3=O)CC1. The molecule has 0 atom stereocenters. The van der Waals surface area contributed by atoms with Gasteiger partial charge in [0, 0.05) is 19.3 Å². The number of carbonyl (C=O) groups excluding carboxylic acids is 1. The molecule has 1 aliphatic carbocycles. The Kier molecular flexibility index (Phi) is 5.75. The number of nitrogens with zero attached hydrogens (tertiary/aromatic N) is 1. The minimum absolute atomic E-state index is 0.00484. The van der Waals surface area contributed by atoms with Crippen molar-refractivity contribution in [3.05, 3.63) is 28.8 Å². The van der Waals surface area contributed by atoms with Crippen LogP contribution in [0.2, 0.25) is 0 Å². The summed E-state index contributed by atoms with van der Waals surface area (Å²) in [5.41, 5.74) is 9.53. The number of fused-ring (bicyclic) bond motifs is 1. The highest BCUT2D eigenvalue weighted by Gasteiger charge is 2.39. The zero-order chi connectivity index (χ0) is 18.9. The fourth-order valence-corrected chi connectivity index (χ4v) is 6.44. The summed E-state index contributed by atoms with van der Waals surface area (Å²) in [5, 5.41) is 0. The zero-order valence-corrected chi connectivity index (χ0v) is 16.8. The van der Waals surface area contributed by atoms with Crippen LogP contribution in [0.4, 0.5) is 5.69 Å². The van der Waals surface area contributed by atoms with Crippen molar-refractivity contribution < 1.29 is 18.4 Å². The lowest BCUT2D eigenvalue weighted by molar-refractivity contribution is 0.0817. The minimum atomic E-state index is -3.04. The van der Waals surface area contributed by atoms with Crippen molar-refractivity contribution in [3.8, 4) is 0 Å². The predicted octanol–water partition coefficient (Wildman–Crippen LogP) is 4.15. The van der Waals surface area contributed by atoms with Crippen molar-refractivity contribution in [3.63, 3.8) is 0 Å². The molecular weight excluding hydrogens is 351 g/mol. The highest BCUT2D eigenvalue weighted by atomic mass is 31.2. The summed E-state index contributed by atoms with van der Waals surface area (Å²) in [6.07, 6.45) is 3.46. The van der Waals surface area contributed by atoms with Crippen LogP contribution in [0.3, 0.4) is 0 Å². The second-order valence-corrected chi connectivity index (χ2v) is 9.47. The molecule has 7 heteroatoms. The van der Waals surface area contributed by atoms with Crippen molar-refractivity contribution in [2.45, 2.75) is 57.7 Å². The maximum atomic E-state index is 13.0. The molecule has 0 aromatic heterocycles. The van der Waals surface area contributed by atoms with E-state index in [2.05, 4.69) is 6.07 Å². The molecule has 0 unspecified atom stereocenters. The summed E-state index contributed by atoms with van der Waals surface area (Å²) < 4.78 is 24.1. The number of amides is 1. The van der Waals surface area contributed by atoms with Gasteiger partial charge < -0.3 is 19.7 Å².